The van der Waals surface area contributed by atoms with Crippen molar-refractivity contribution in [3.8, 4) is 22.6 Å². The molecule has 0 saturated carbocycles. The second kappa shape index (κ2) is 9.14. The fourth-order valence-electron chi connectivity index (χ4n) is 4.36. The maximum Gasteiger partial charge on any atom is 0.256 e. The van der Waals surface area contributed by atoms with Crippen molar-refractivity contribution in [3.63, 3.8) is 0 Å². The highest BCUT2D eigenvalue weighted by atomic mass is 16.5. The van der Waals surface area contributed by atoms with Gasteiger partial charge in [0.1, 0.15) is 11.5 Å². The van der Waals surface area contributed by atoms with Crippen molar-refractivity contribution in [1.29, 1.82) is 0 Å². The molecule has 0 fully saturated rings. The molecule has 33 heavy (non-hydrogen) atoms. The summed E-state index contributed by atoms with van der Waals surface area (Å²) in [5, 5.41) is 3.04. The Morgan fingerprint density at radius 1 is 0.818 bits per heavy atom. The van der Waals surface area contributed by atoms with E-state index in [0.29, 0.717) is 17.4 Å². The zero-order valence-corrected chi connectivity index (χ0v) is 20.2. The molecule has 1 amide bonds. The predicted molar refractivity (Wildman–Crippen MR) is 136 cm³/mol. The van der Waals surface area contributed by atoms with Crippen LogP contribution in [0.15, 0.2) is 54.6 Å². The van der Waals surface area contributed by atoms with Gasteiger partial charge in [-0.2, -0.15) is 0 Å². The quantitative estimate of drug-likeness (QED) is 0.415. The Balaban J connectivity index is 1.78. The highest BCUT2D eigenvalue weighted by molar-refractivity contribution is 6.35. The number of methoxy groups -OCH3 is 2. The largest absolute Gasteiger partial charge is 0.497 e. The van der Waals surface area contributed by atoms with Crippen LogP contribution in [0.1, 0.15) is 61.8 Å². The van der Waals surface area contributed by atoms with Crippen LogP contribution in [0.4, 0.5) is 5.69 Å². The molecule has 4 rings (SSSR count). The number of anilines is 1. The molecule has 0 aromatic heterocycles. The van der Waals surface area contributed by atoms with E-state index in [-0.39, 0.29) is 5.91 Å². The minimum Gasteiger partial charge on any atom is -0.497 e. The van der Waals surface area contributed by atoms with Gasteiger partial charge in [0.2, 0.25) is 0 Å². The smallest absolute Gasteiger partial charge is 0.256 e. The lowest BCUT2D eigenvalue weighted by Gasteiger charge is -2.19. The SMILES string of the molecule is COc1cccc(-c2ccc3c(c2)NC(=O)/C3=C\c2cc(C(C)C)c(OC)c(C(C)C)c2)c1. The molecule has 0 atom stereocenters. The van der Waals surface area contributed by atoms with Crippen LogP contribution < -0.4 is 14.8 Å². The summed E-state index contributed by atoms with van der Waals surface area (Å²) in [6, 6.07) is 18.3. The molecule has 170 valence electrons. The average Bonchev–Trinajstić information content (AvgIpc) is 3.12. The van der Waals surface area contributed by atoms with E-state index in [1.807, 2.05) is 42.5 Å². The minimum atomic E-state index is -0.0826. The first kappa shape index (κ1) is 22.7. The number of hydrogen-bond acceptors (Lipinski definition) is 3. The van der Waals surface area contributed by atoms with Crippen LogP contribution in [0.3, 0.4) is 0 Å². The number of hydrogen-bond donors (Lipinski definition) is 1. The van der Waals surface area contributed by atoms with E-state index >= 15 is 0 Å². The second-order valence-corrected chi connectivity index (χ2v) is 9.05. The monoisotopic (exact) mass is 441 g/mol. The number of nitrogens with one attached hydrogen (secondary N) is 1. The van der Waals surface area contributed by atoms with E-state index in [9.17, 15) is 4.79 Å². The lowest BCUT2D eigenvalue weighted by molar-refractivity contribution is -0.110. The molecule has 1 heterocycles. The molecule has 0 unspecified atom stereocenters. The topological polar surface area (TPSA) is 47.6 Å². The van der Waals surface area contributed by atoms with E-state index in [2.05, 4.69) is 51.2 Å². The number of fused-ring (bicyclic) bond motifs is 1. The standard InChI is InChI=1S/C29H31NO3/c1-17(2)24-12-19(13-25(18(3)4)28(24)33-6)14-26-23-11-10-21(16-27(23)30-29(26)31)20-8-7-9-22(15-20)32-5/h7-18H,1-6H3,(H,30,31)/b26-14-. The molecule has 1 aliphatic rings. The molecule has 3 aromatic rings. The predicted octanol–water partition coefficient (Wildman–Crippen LogP) is 7.11. The number of carbonyl (C=O) groups is 1. The summed E-state index contributed by atoms with van der Waals surface area (Å²) in [7, 11) is 3.39. The van der Waals surface area contributed by atoms with Crippen molar-refractivity contribution in [1.82, 2.24) is 0 Å². The van der Waals surface area contributed by atoms with Gasteiger partial charge in [-0.3, -0.25) is 4.79 Å². The second-order valence-electron chi connectivity index (χ2n) is 9.05. The Bertz CT molecular complexity index is 1210. The van der Waals surface area contributed by atoms with Gasteiger partial charge < -0.3 is 14.8 Å². The summed E-state index contributed by atoms with van der Waals surface area (Å²) in [5.41, 5.74) is 7.82. The third kappa shape index (κ3) is 4.38. The first-order valence-corrected chi connectivity index (χ1v) is 11.4. The van der Waals surface area contributed by atoms with Gasteiger partial charge in [0.05, 0.1) is 14.2 Å². The molecule has 4 heteroatoms. The maximum atomic E-state index is 12.9. The Morgan fingerprint density at radius 3 is 2.09 bits per heavy atom. The van der Waals surface area contributed by atoms with Crippen LogP contribution in [0, 0.1) is 0 Å². The van der Waals surface area contributed by atoms with Crippen LogP contribution in [0.5, 0.6) is 11.5 Å². The molecule has 1 aliphatic heterocycles. The fourth-order valence-corrected chi connectivity index (χ4v) is 4.36. The molecule has 0 aliphatic carbocycles. The van der Waals surface area contributed by atoms with Gasteiger partial charge in [0, 0.05) is 16.8 Å². The van der Waals surface area contributed by atoms with Crippen molar-refractivity contribution in [2.24, 2.45) is 0 Å². The molecule has 4 nitrogen and oxygen atoms in total. The summed E-state index contributed by atoms with van der Waals surface area (Å²) in [5.74, 6) is 2.29. The van der Waals surface area contributed by atoms with E-state index in [4.69, 9.17) is 9.47 Å². The molecule has 1 N–H and O–H groups in total. The lowest BCUT2D eigenvalue weighted by atomic mass is 9.90. The summed E-state index contributed by atoms with van der Waals surface area (Å²) in [4.78, 5) is 12.9. The molecular formula is C29H31NO3. The fraction of sp³-hybridized carbons (Fsp3) is 0.276. The van der Waals surface area contributed by atoms with E-state index < -0.39 is 0 Å². The van der Waals surface area contributed by atoms with E-state index in [1.54, 1.807) is 14.2 Å². The first-order chi connectivity index (χ1) is 15.8. The summed E-state index contributed by atoms with van der Waals surface area (Å²) < 4.78 is 11.1. The van der Waals surface area contributed by atoms with Crippen LogP contribution in [-0.2, 0) is 4.79 Å². The van der Waals surface area contributed by atoms with Gasteiger partial charge in [-0.05, 0) is 76.1 Å². The van der Waals surface area contributed by atoms with Gasteiger partial charge in [-0.1, -0.05) is 52.0 Å². The Hall–Kier alpha value is -3.53. The molecular weight excluding hydrogens is 410 g/mol. The van der Waals surface area contributed by atoms with Crippen molar-refractivity contribution in [2.75, 3.05) is 19.5 Å². The lowest BCUT2D eigenvalue weighted by Crippen LogP contribution is -2.04. The van der Waals surface area contributed by atoms with Crippen molar-refractivity contribution in [2.45, 2.75) is 39.5 Å². The van der Waals surface area contributed by atoms with Crippen molar-refractivity contribution >= 4 is 23.2 Å². The highest BCUT2D eigenvalue weighted by Crippen LogP contribution is 2.39. The van der Waals surface area contributed by atoms with Crippen molar-refractivity contribution < 1.29 is 14.3 Å². The Kier molecular flexibility index (Phi) is 6.28. The maximum absolute atomic E-state index is 12.9. The number of ether oxygens (including phenoxy) is 2. The van der Waals surface area contributed by atoms with Crippen LogP contribution in [-0.4, -0.2) is 20.1 Å². The normalized spacial score (nSPS) is 14.1. The van der Waals surface area contributed by atoms with Crippen LogP contribution in [0.2, 0.25) is 0 Å². The van der Waals surface area contributed by atoms with Crippen molar-refractivity contribution in [3.05, 3.63) is 76.9 Å². The Morgan fingerprint density at radius 2 is 1.48 bits per heavy atom. The van der Waals surface area contributed by atoms with Gasteiger partial charge in [-0.15, -0.1) is 0 Å². The van der Waals surface area contributed by atoms with Crippen LogP contribution >= 0.6 is 0 Å². The summed E-state index contributed by atoms with van der Waals surface area (Å²) in [6.45, 7) is 8.65. The third-order valence-corrected chi connectivity index (χ3v) is 6.13. The first-order valence-electron chi connectivity index (χ1n) is 11.4. The number of rotatable bonds is 6. The van der Waals surface area contributed by atoms with E-state index in [0.717, 1.165) is 50.6 Å². The average molecular weight is 442 g/mol. The highest BCUT2D eigenvalue weighted by Gasteiger charge is 2.25. The Labute approximate surface area is 196 Å². The summed E-state index contributed by atoms with van der Waals surface area (Å²) >= 11 is 0. The molecule has 0 saturated heterocycles. The van der Waals surface area contributed by atoms with Gasteiger partial charge in [0.25, 0.3) is 5.91 Å². The third-order valence-electron chi connectivity index (χ3n) is 6.13. The molecule has 0 spiro atoms. The van der Waals surface area contributed by atoms with Crippen LogP contribution in [0.25, 0.3) is 22.8 Å². The van der Waals surface area contributed by atoms with Gasteiger partial charge in [0.15, 0.2) is 0 Å². The van der Waals surface area contributed by atoms with E-state index in [1.165, 1.54) is 0 Å². The minimum absolute atomic E-state index is 0.0826. The summed E-state index contributed by atoms with van der Waals surface area (Å²) in [6.07, 6.45) is 1.99. The molecule has 0 radical (unpaired) electrons. The molecule has 0 bridgehead atoms. The van der Waals surface area contributed by atoms with Gasteiger partial charge in [-0.25, -0.2) is 0 Å². The number of amides is 1. The zero-order valence-electron chi connectivity index (χ0n) is 20.2. The number of benzene rings is 3. The molecule has 3 aromatic carbocycles. The number of carbonyl (C=O) groups excluding carboxylic acids is 1. The zero-order chi connectivity index (χ0) is 23.7. The van der Waals surface area contributed by atoms with Gasteiger partial charge >= 0.3 is 0 Å².